The van der Waals surface area contributed by atoms with E-state index in [-0.39, 0.29) is 19.5 Å². The zero-order chi connectivity index (χ0) is 11.7. The summed E-state index contributed by atoms with van der Waals surface area (Å²) < 4.78 is 0. The summed E-state index contributed by atoms with van der Waals surface area (Å²) in [6.45, 7) is 19.7. The van der Waals surface area contributed by atoms with Crippen LogP contribution < -0.4 is 0 Å². The van der Waals surface area contributed by atoms with Crippen molar-refractivity contribution < 1.29 is 19.5 Å². The first kappa shape index (κ1) is 20.1. The number of allylic oxidation sites excluding steroid dienone is 6. The van der Waals surface area contributed by atoms with E-state index in [2.05, 4.69) is 53.0 Å². The predicted molar refractivity (Wildman–Crippen MR) is 68.5 cm³/mol. The van der Waals surface area contributed by atoms with Gasteiger partial charge in [-0.2, -0.15) is 0 Å². The van der Waals surface area contributed by atoms with E-state index in [1.807, 2.05) is 13.8 Å². The Morgan fingerprint density at radius 2 is 0.867 bits per heavy atom. The fraction of sp³-hybridized carbons (Fsp3) is 0.429. The molecule has 0 amide bonds. The normalized spacial score (nSPS) is 7.33. The summed E-state index contributed by atoms with van der Waals surface area (Å²) in [5.41, 5.74) is 4.88. The molecule has 0 radical (unpaired) electrons. The Balaban J connectivity index is -0.000000180. The molecule has 0 aliphatic rings. The van der Waals surface area contributed by atoms with Gasteiger partial charge in [0.05, 0.1) is 0 Å². The van der Waals surface area contributed by atoms with Gasteiger partial charge < -0.3 is 0 Å². The van der Waals surface area contributed by atoms with Crippen LogP contribution in [0.1, 0.15) is 41.5 Å². The molecule has 0 aromatic heterocycles. The average molecular weight is 293 g/mol. The first-order chi connectivity index (χ1) is 6.25. The summed E-state index contributed by atoms with van der Waals surface area (Å²) in [5.74, 6) is 0. The maximum absolute atomic E-state index is 3.72. The third-order valence-electron chi connectivity index (χ3n) is 1.07. The monoisotopic (exact) mass is 294 g/mol. The van der Waals surface area contributed by atoms with Crippen molar-refractivity contribution in [3.63, 3.8) is 0 Å². The molecule has 1 heteroatoms. The van der Waals surface area contributed by atoms with Crippen molar-refractivity contribution >= 4 is 0 Å². The molecule has 0 atom stereocenters. The minimum atomic E-state index is 0. The Labute approximate surface area is 109 Å². The van der Waals surface area contributed by atoms with Gasteiger partial charge in [-0.3, -0.25) is 0 Å². The Morgan fingerprint density at radius 3 is 0.867 bits per heavy atom. The molecule has 0 N–H and O–H groups in total. The molecule has 0 heterocycles. The molecule has 0 aliphatic carbocycles. The largest absolute Gasteiger partial charge is 0.0961 e. The van der Waals surface area contributed by atoms with Crippen molar-refractivity contribution in [1.82, 2.24) is 0 Å². The maximum atomic E-state index is 3.72. The van der Waals surface area contributed by atoms with E-state index in [1.165, 1.54) is 11.1 Å². The van der Waals surface area contributed by atoms with Crippen LogP contribution in [0.2, 0.25) is 0 Å². The van der Waals surface area contributed by atoms with Gasteiger partial charge in [0.2, 0.25) is 0 Å². The minimum absolute atomic E-state index is 0. The second kappa shape index (κ2) is 11.7. The van der Waals surface area contributed by atoms with Crippen molar-refractivity contribution in [2.75, 3.05) is 0 Å². The van der Waals surface area contributed by atoms with Gasteiger partial charge in [0, 0.05) is 19.5 Å². The summed E-state index contributed by atoms with van der Waals surface area (Å²) in [5, 5.41) is 0. The third-order valence-corrected chi connectivity index (χ3v) is 1.07. The van der Waals surface area contributed by atoms with Gasteiger partial charge >= 0.3 is 0 Å². The first-order valence-corrected chi connectivity index (χ1v) is 4.86. The van der Waals surface area contributed by atoms with Crippen LogP contribution in [-0.4, -0.2) is 0 Å². The zero-order valence-electron chi connectivity index (χ0n) is 10.9. The molecule has 0 saturated carbocycles. The number of hydrogen-bond acceptors (Lipinski definition) is 0. The van der Waals surface area contributed by atoms with Crippen molar-refractivity contribution in [3.05, 3.63) is 47.6 Å². The molecule has 0 aromatic carbocycles. The standard InChI is InChI=1S/2C7H12.Ru/c2*1-6(2)5-7(3)4;/h2*5H,1H2,2-4H3;. The summed E-state index contributed by atoms with van der Waals surface area (Å²) in [7, 11) is 0. The van der Waals surface area contributed by atoms with E-state index >= 15 is 0 Å². The fourth-order valence-electron chi connectivity index (χ4n) is 0.986. The van der Waals surface area contributed by atoms with Crippen LogP contribution in [0.25, 0.3) is 0 Å². The van der Waals surface area contributed by atoms with Gasteiger partial charge in [0.15, 0.2) is 0 Å². The van der Waals surface area contributed by atoms with Gasteiger partial charge in [0.25, 0.3) is 0 Å². The molecule has 0 fully saturated rings. The second-order valence-corrected chi connectivity index (χ2v) is 4.14. The van der Waals surface area contributed by atoms with Crippen molar-refractivity contribution in [2.24, 2.45) is 0 Å². The number of hydrogen-bond donors (Lipinski definition) is 0. The quantitative estimate of drug-likeness (QED) is 0.493. The second-order valence-electron chi connectivity index (χ2n) is 4.14. The van der Waals surface area contributed by atoms with Gasteiger partial charge in [-0.25, -0.2) is 0 Å². The van der Waals surface area contributed by atoms with E-state index in [0.717, 1.165) is 11.1 Å². The van der Waals surface area contributed by atoms with Crippen molar-refractivity contribution in [1.29, 1.82) is 0 Å². The maximum Gasteiger partial charge on any atom is 0 e. The minimum Gasteiger partial charge on any atom is -0.0961 e. The van der Waals surface area contributed by atoms with Crippen LogP contribution >= 0.6 is 0 Å². The fourth-order valence-corrected chi connectivity index (χ4v) is 0.986. The molecule has 0 saturated heterocycles. The molecule has 0 aliphatic heterocycles. The van der Waals surface area contributed by atoms with Gasteiger partial charge in [-0.15, -0.1) is 0 Å². The molecule has 0 aromatic rings. The van der Waals surface area contributed by atoms with Gasteiger partial charge in [-0.05, 0) is 41.5 Å². The molecule has 0 nitrogen and oxygen atoms in total. The summed E-state index contributed by atoms with van der Waals surface area (Å²) in [6.07, 6.45) is 4.11. The van der Waals surface area contributed by atoms with E-state index in [9.17, 15) is 0 Å². The van der Waals surface area contributed by atoms with E-state index < -0.39 is 0 Å². The first-order valence-electron chi connectivity index (χ1n) is 4.86. The zero-order valence-corrected chi connectivity index (χ0v) is 12.7. The SMILES string of the molecule is C=C(C)C=C(C)C.C=C(C)C=C(C)C.[Ru]. The van der Waals surface area contributed by atoms with Crippen LogP contribution in [0.3, 0.4) is 0 Å². The molecule has 0 spiro atoms. The Hall–Kier alpha value is -0.417. The van der Waals surface area contributed by atoms with Crippen molar-refractivity contribution in [3.8, 4) is 0 Å². The summed E-state index contributed by atoms with van der Waals surface area (Å²) in [4.78, 5) is 0. The average Bonchev–Trinajstić information content (AvgIpc) is 1.79. The van der Waals surface area contributed by atoms with Crippen molar-refractivity contribution in [2.45, 2.75) is 41.5 Å². The number of rotatable bonds is 2. The Morgan fingerprint density at radius 1 is 0.667 bits per heavy atom. The van der Waals surface area contributed by atoms with Crippen LogP contribution in [0.15, 0.2) is 47.6 Å². The molecule has 88 valence electrons. The Bertz CT molecular complexity index is 219. The predicted octanol–water partition coefficient (Wildman–Crippen LogP) is 5.05. The van der Waals surface area contributed by atoms with Crippen LogP contribution in [0.4, 0.5) is 0 Å². The topological polar surface area (TPSA) is 0 Å². The summed E-state index contributed by atoms with van der Waals surface area (Å²) >= 11 is 0. The van der Waals surface area contributed by atoms with E-state index in [1.54, 1.807) is 0 Å². The van der Waals surface area contributed by atoms with Gasteiger partial charge in [-0.1, -0.05) is 47.6 Å². The molecule has 0 rings (SSSR count). The summed E-state index contributed by atoms with van der Waals surface area (Å²) in [6, 6.07) is 0. The third kappa shape index (κ3) is 31.7. The van der Waals surface area contributed by atoms with Crippen LogP contribution in [0, 0.1) is 0 Å². The van der Waals surface area contributed by atoms with Crippen LogP contribution in [-0.2, 0) is 19.5 Å². The molecule has 0 bridgehead atoms. The van der Waals surface area contributed by atoms with Crippen LogP contribution in [0.5, 0.6) is 0 Å². The Kier molecular flexibility index (Phi) is 15.6. The van der Waals surface area contributed by atoms with E-state index in [0.29, 0.717) is 0 Å². The van der Waals surface area contributed by atoms with Gasteiger partial charge in [0.1, 0.15) is 0 Å². The molecule has 15 heavy (non-hydrogen) atoms. The smallest absolute Gasteiger partial charge is 0 e. The molecular formula is C14H24Ru. The molecule has 0 unspecified atom stereocenters. The molecular weight excluding hydrogens is 269 g/mol. The van der Waals surface area contributed by atoms with E-state index in [4.69, 9.17) is 0 Å².